The Morgan fingerprint density at radius 2 is 1.94 bits per heavy atom. The first-order valence-corrected chi connectivity index (χ1v) is 6.23. The molecule has 2 fully saturated rings. The number of rotatable bonds is 5. The predicted octanol–water partition coefficient (Wildman–Crippen LogP) is 1.93. The molecule has 0 aromatic rings. The van der Waals surface area contributed by atoms with E-state index in [4.69, 9.17) is 5.73 Å². The van der Waals surface area contributed by atoms with Gasteiger partial charge in [-0.1, -0.05) is 6.92 Å². The quantitative estimate of drug-likeness (QED) is 0.806. The van der Waals surface area contributed by atoms with Crippen LogP contribution in [0.2, 0.25) is 0 Å². The highest BCUT2D eigenvalue weighted by Gasteiger charge is 2.42. The fraction of sp³-hybridized carbons (Fsp3) is 0.917. The lowest BCUT2D eigenvalue weighted by Crippen LogP contribution is -2.49. The van der Waals surface area contributed by atoms with Crippen molar-refractivity contribution < 1.29 is 4.79 Å². The van der Waals surface area contributed by atoms with Crippen molar-refractivity contribution in [2.45, 2.75) is 64.1 Å². The molecule has 0 saturated heterocycles. The van der Waals surface area contributed by atoms with Gasteiger partial charge in [-0.3, -0.25) is 4.79 Å². The van der Waals surface area contributed by atoms with Gasteiger partial charge in [-0.15, -0.1) is 12.4 Å². The molecule has 2 saturated carbocycles. The van der Waals surface area contributed by atoms with Gasteiger partial charge in [0.25, 0.3) is 0 Å². The van der Waals surface area contributed by atoms with E-state index in [1.807, 2.05) is 6.92 Å². The molecule has 0 spiro atoms. The minimum Gasteiger partial charge on any atom is -0.335 e. The average molecular weight is 247 g/mol. The molecule has 2 aliphatic rings. The SMILES string of the molecule is CC[C@H](N)C(=O)N(C1CC1)C(C)C1CC1.Cl. The highest BCUT2D eigenvalue weighted by atomic mass is 35.5. The third-order valence-electron chi connectivity index (χ3n) is 3.69. The molecule has 0 radical (unpaired) electrons. The number of nitrogens with zero attached hydrogens (tertiary/aromatic N) is 1. The molecular weight excluding hydrogens is 224 g/mol. The van der Waals surface area contributed by atoms with Crippen molar-refractivity contribution in [2.24, 2.45) is 11.7 Å². The summed E-state index contributed by atoms with van der Waals surface area (Å²) in [5.74, 6) is 0.929. The minimum absolute atomic E-state index is 0. The summed E-state index contributed by atoms with van der Waals surface area (Å²) >= 11 is 0. The lowest BCUT2D eigenvalue weighted by Gasteiger charge is -2.31. The summed E-state index contributed by atoms with van der Waals surface area (Å²) in [4.78, 5) is 14.2. The summed E-state index contributed by atoms with van der Waals surface area (Å²) in [5.41, 5.74) is 5.85. The zero-order valence-corrected chi connectivity index (χ0v) is 11.0. The van der Waals surface area contributed by atoms with Crippen LogP contribution in [0.5, 0.6) is 0 Å². The van der Waals surface area contributed by atoms with Crippen LogP contribution in [0.15, 0.2) is 0 Å². The average Bonchev–Trinajstić information content (AvgIpc) is 3.04. The maximum atomic E-state index is 12.1. The number of carbonyl (C=O) groups is 1. The standard InChI is InChI=1S/C12H22N2O.ClH/c1-3-11(13)12(15)14(10-6-7-10)8(2)9-4-5-9;/h8-11H,3-7,13H2,1-2H3;1H/t8?,11-;/m0./s1. The van der Waals surface area contributed by atoms with E-state index in [0.29, 0.717) is 12.1 Å². The third kappa shape index (κ3) is 2.89. The lowest BCUT2D eigenvalue weighted by atomic mass is 10.1. The largest absolute Gasteiger partial charge is 0.335 e. The molecule has 0 aromatic carbocycles. The zero-order valence-electron chi connectivity index (χ0n) is 10.2. The van der Waals surface area contributed by atoms with Gasteiger partial charge in [0.2, 0.25) is 5.91 Å². The molecule has 16 heavy (non-hydrogen) atoms. The molecule has 2 rings (SSSR count). The Kier molecular flexibility index (Phi) is 4.62. The van der Waals surface area contributed by atoms with Crippen molar-refractivity contribution in [3.8, 4) is 0 Å². The molecule has 0 aliphatic heterocycles. The first-order chi connectivity index (χ1) is 7.15. The van der Waals surface area contributed by atoms with E-state index in [1.165, 1.54) is 25.7 Å². The molecule has 2 aliphatic carbocycles. The highest BCUT2D eigenvalue weighted by molar-refractivity contribution is 5.85. The Balaban J connectivity index is 0.00000128. The van der Waals surface area contributed by atoms with Crippen LogP contribution < -0.4 is 5.73 Å². The molecule has 94 valence electrons. The molecule has 1 unspecified atom stereocenters. The zero-order chi connectivity index (χ0) is 11.0. The van der Waals surface area contributed by atoms with Gasteiger partial charge in [-0.25, -0.2) is 0 Å². The van der Waals surface area contributed by atoms with Crippen LogP contribution >= 0.6 is 12.4 Å². The summed E-state index contributed by atoms with van der Waals surface area (Å²) in [5, 5.41) is 0. The summed E-state index contributed by atoms with van der Waals surface area (Å²) in [6.45, 7) is 4.17. The third-order valence-corrected chi connectivity index (χ3v) is 3.69. The molecular formula is C12H23ClN2O. The van der Waals surface area contributed by atoms with E-state index >= 15 is 0 Å². The molecule has 2 N–H and O–H groups in total. The fourth-order valence-corrected chi connectivity index (χ4v) is 2.24. The Labute approximate surface area is 104 Å². The molecule has 0 aromatic heterocycles. The predicted molar refractivity (Wildman–Crippen MR) is 67.6 cm³/mol. The second-order valence-corrected chi connectivity index (χ2v) is 5.07. The van der Waals surface area contributed by atoms with E-state index in [-0.39, 0.29) is 24.4 Å². The molecule has 2 atom stereocenters. The maximum Gasteiger partial charge on any atom is 0.239 e. The minimum atomic E-state index is -0.285. The van der Waals surface area contributed by atoms with Crippen LogP contribution in [-0.4, -0.2) is 28.9 Å². The van der Waals surface area contributed by atoms with Gasteiger partial charge in [-0.05, 0) is 44.9 Å². The first kappa shape index (κ1) is 13.8. The Morgan fingerprint density at radius 3 is 2.31 bits per heavy atom. The van der Waals surface area contributed by atoms with Crippen LogP contribution in [0.4, 0.5) is 0 Å². The molecule has 4 heteroatoms. The fourth-order valence-electron chi connectivity index (χ4n) is 2.24. The molecule has 3 nitrogen and oxygen atoms in total. The normalized spacial score (nSPS) is 23.2. The Bertz CT molecular complexity index is 251. The van der Waals surface area contributed by atoms with Crippen molar-refractivity contribution in [3.05, 3.63) is 0 Å². The summed E-state index contributed by atoms with van der Waals surface area (Å²) in [6.07, 6.45) is 5.69. The highest BCUT2D eigenvalue weighted by Crippen LogP contribution is 2.39. The summed E-state index contributed by atoms with van der Waals surface area (Å²) in [6, 6.07) is 0.639. The van der Waals surface area contributed by atoms with Crippen molar-refractivity contribution >= 4 is 18.3 Å². The number of hydrogen-bond acceptors (Lipinski definition) is 2. The molecule has 0 heterocycles. The summed E-state index contributed by atoms with van der Waals surface area (Å²) in [7, 11) is 0. The van der Waals surface area contributed by atoms with Crippen molar-refractivity contribution in [2.75, 3.05) is 0 Å². The number of nitrogens with two attached hydrogens (primary N) is 1. The van der Waals surface area contributed by atoms with Crippen LogP contribution in [0, 0.1) is 5.92 Å². The summed E-state index contributed by atoms with van der Waals surface area (Å²) < 4.78 is 0. The van der Waals surface area contributed by atoms with E-state index < -0.39 is 0 Å². The van der Waals surface area contributed by atoms with Gasteiger partial charge < -0.3 is 10.6 Å². The van der Waals surface area contributed by atoms with Crippen molar-refractivity contribution in [1.82, 2.24) is 4.90 Å². The van der Waals surface area contributed by atoms with E-state index in [1.54, 1.807) is 0 Å². The number of halogens is 1. The van der Waals surface area contributed by atoms with Crippen molar-refractivity contribution in [1.29, 1.82) is 0 Å². The van der Waals surface area contributed by atoms with Crippen LogP contribution in [0.3, 0.4) is 0 Å². The monoisotopic (exact) mass is 246 g/mol. The van der Waals surface area contributed by atoms with Gasteiger partial charge in [-0.2, -0.15) is 0 Å². The van der Waals surface area contributed by atoms with Gasteiger partial charge in [0.05, 0.1) is 6.04 Å². The number of carbonyl (C=O) groups excluding carboxylic acids is 1. The number of amides is 1. The Morgan fingerprint density at radius 1 is 1.38 bits per heavy atom. The van der Waals surface area contributed by atoms with Gasteiger partial charge in [0.1, 0.15) is 0 Å². The lowest BCUT2D eigenvalue weighted by molar-refractivity contribution is -0.135. The van der Waals surface area contributed by atoms with E-state index in [2.05, 4.69) is 11.8 Å². The molecule has 0 bridgehead atoms. The first-order valence-electron chi connectivity index (χ1n) is 6.23. The molecule has 1 amide bonds. The number of hydrogen-bond donors (Lipinski definition) is 1. The van der Waals surface area contributed by atoms with Gasteiger partial charge in [0.15, 0.2) is 0 Å². The van der Waals surface area contributed by atoms with Crippen LogP contribution in [-0.2, 0) is 4.79 Å². The second-order valence-electron chi connectivity index (χ2n) is 5.07. The Hall–Kier alpha value is -0.280. The van der Waals surface area contributed by atoms with Crippen LogP contribution in [0.25, 0.3) is 0 Å². The van der Waals surface area contributed by atoms with E-state index in [0.717, 1.165) is 12.3 Å². The maximum absolute atomic E-state index is 12.1. The van der Waals surface area contributed by atoms with Gasteiger partial charge in [0, 0.05) is 12.1 Å². The van der Waals surface area contributed by atoms with Crippen LogP contribution in [0.1, 0.15) is 46.0 Å². The smallest absolute Gasteiger partial charge is 0.239 e. The topological polar surface area (TPSA) is 46.3 Å². The van der Waals surface area contributed by atoms with Gasteiger partial charge >= 0.3 is 0 Å². The van der Waals surface area contributed by atoms with E-state index in [9.17, 15) is 4.79 Å². The second kappa shape index (κ2) is 5.37. The van der Waals surface area contributed by atoms with Crippen molar-refractivity contribution in [3.63, 3.8) is 0 Å².